The molecule has 5 heteroatoms. The van der Waals surface area contributed by atoms with Gasteiger partial charge in [0.25, 0.3) is 0 Å². The first-order chi connectivity index (χ1) is 22.2. The van der Waals surface area contributed by atoms with E-state index in [-0.39, 0.29) is 0 Å². The summed E-state index contributed by atoms with van der Waals surface area (Å²) in [6.07, 6.45) is 0. The quantitative estimate of drug-likeness (QED) is 0.205. The zero-order valence-electron chi connectivity index (χ0n) is 24.2. The van der Waals surface area contributed by atoms with Gasteiger partial charge in [-0.3, -0.25) is 0 Å². The first-order valence-electron chi connectivity index (χ1n) is 14.8. The van der Waals surface area contributed by atoms with E-state index in [0.717, 1.165) is 55.3 Å². The minimum Gasteiger partial charge on any atom is -0.309 e. The Labute approximate surface area is 260 Å². The highest BCUT2D eigenvalue weighted by atomic mass is 15.0. The third-order valence-corrected chi connectivity index (χ3v) is 8.06. The third-order valence-electron chi connectivity index (χ3n) is 8.06. The maximum absolute atomic E-state index is 9.64. The average Bonchev–Trinajstić information content (AvgIpc) is 3.46. The Kier molecular flexibility index (Phi) is 6.44. The molecule has 2 heterocycles. The van der Waals surface area contributed by atoms with Gasteiger partial charge in [-0.2, -0.15) is 5.26 Å². The first-order valence-corrected chi connectivity index (χ1v) is 14.8. The van der Waals surface area contributed by atoms with Crippen LogP contribution in [-0.2, 0) is 0 Å². The summed E-state index contributed by atoms with van der Waals surface area (Å²) in [6, 6.07) is 53.4. The SMILES string of the molecule is N#Cc1ccc2c3ccccc3n(-c3cccc(-c4cccc(-c5nc(-c6ccccc6)nc(-c6ccccc6)n5)c4)c3)c2c1. The molecule has 0 fully saturated rings. The van der Waals surface area contributed by atoms with Gasteiger partial charge in [0.15, 0.2) is 17.5 Å². The molecular formula is C40H25N5. The second-order valence-electron chi connectivity index (χ2n) is 10.9. The highest BCUT2D eigenvalue weighted by Crippen LogP contribution is 2.34. The number of rotatable bonds is 5. The van der Waals surface area contributed by atoms with E-state index in [9.17, 15) is 5.26 Å². The highest BCUT2D eigenvalue weighted by Gasteiger charge is 2.15. The van der Waals surface area contributed by atoms with Crippen molar-refractivity contribution in [3.05, 3.63) is 157 Å². The molecule has 0 spiro atoms. The van der Waals surface area contributed by atoms with Crippen LogP contribution in [0.15, 0.2) is 152 Å². The van der Waals surface area contributed by atoms with Crippen LogP contribution >= 0.6 is 0 Å². The molecule has 0 atom stereocenters. The van der Waals surface area contributed by atoms with Crippen LogP contribution < -0.4 is 0 Å². The fraction of sp³-hybridized carbons (Fsp3) is 0. The van der Waals surface area contributed by atoms with E-state index < -0.39 is 0 Å². The second-order valence-corrected chi connectivity index (χ2v) is 10.9. The van der Waals surface area contributed by atoms with Crippen LogP contribution in [0.4, 0.5) is 0 Å². The zero-order valence-corrected chi connectivity index (χ0v) is 24.2. The maximum Gasteiger partial charge on any atom is 0.164 e. The van der Waals surface area contributed by atoms with Crippen molar-refractivity contribution in [1.82, 2.24) is 19.5 Å². The number of hydrogen-bond acceptors (Lipinski definition) is 4. The van der Waals surface area contributed by atoms with Crippen LogP contribution in [0.1, 0.15) is 5.56 Å². The third kappa shape index (κ3) is 4.81. The Morgan fingerprint density at radius 2 is 0.956 bits per heavy atom. The summed E-state index contributed by atoms with van der Waals surface area (Å²) >= 11 is 0. The zero-order chi connectivity index (χ0) is 30.2. The Bertz CT molecular complexity index is 2330. The van der Waals surface area contributed by atoms with E-state index >= 15 is 0 Å². The number of fused-ring (bicyclic) bond motifs is 3. The van der Waals surface area contributed by atoms with Gasteiger partial charge in [-0.15, -0.1) is 0 Å². The Morgan fingerprint density at radius 1 is 0.422 bits per heavy atom. The minimum absolute atomic E-state index is 0.618. The van der Waals surface area contributed by atoms with E-state index in [2.05, 4.69) is 71.3 Å². The van der Waals surface area contributed by atoms with Crippen LogP contribution in [0.2, 0.25) is 0 Å². The molecule has 0 amide bonds. The fourth-order valence-electron chi connectivity index (χ4n) is 5.92. The van der Waals surface area contributed by atoms with Crippen LogP contribution in [0, 0.1) is 11.3 Å². The first kappa shape index (κ1) is 26.3. The lowest BCUT2D eigenvalue weighted by Crippen LogP contribution is -2.00. The van der Waals surface area contributed by atoms with Gasteiger partial charge in [0.1, 0.15) is 0 Å². The van der Waals surface area contributed by atoms with E-state index in [0.29, 0.717) is 23.0 Å². The molecule has 210 valence electrons. The molecule has 0 saturated carbocycles. The van der Waals surface area contributed by atoms with Gasteiger partial charge >= 0.3 is 0 Å². The summed E-state index contributed by atoms with van der Waals surface area (Å²) in [5, 5.41) is 11.9. The van der Waals surface area contributed by atoms with Gasteiger partial charge < -0.3 is 4.57 Å². The second kappa shape index (κ2) is 11.0. The molecule has 8 rings (SSSR count). The Morgan fingerprint density at radius 3 is 1.64 bits per heavy atom. The van der Waals surface area contributed by atoms with E-state index in [4.69, 9.17) is 15.0 Å². The molecule has 0 aliphatic heterocycles. The van der Waals surface area contributed by atoms with Crippen LogP contribution in [0.25, 0.3) is 72.8 Å². The lowest BCUT2D eigenvalue weighted by atomic mass is 10.0. The van der Waals surface area contributed by atoms with Crippen molar-refractivity contribution >= 4 is 21.8 Å². The van der Waals surface area contributed by atoms with Crippen molar-refractivity contribution in [2.24, 2.45) is 0 Å². The van der Waals surface area contributed by atoms with Gasteiger partial charge in [0.2, 0.25) is 0 Å². The monoisotopic (exact) mass is 575 g/mol. The highest BCUT2D eigenvalue weighted by molar-refractivity contribution is 6.09. The van der Waals surface area contributed by atoms with E-state index in [1.54, 1.807) is 0 Å². The van der Waals surface area contributed by atoms with Crippen molar-refractivity contribution < 1.29 is 0 Å². The van der Waals surface area contributed by atoms with Crippen LogP contribution in [0.5, 0.6) is 0 Å². The average molecular weight is 576 g/mol. The lowest BCUT2D eigenvalue weighted by molar-refractivity contribution is 1.07. The van der Waals surface area contributed by atoms with Gasteiger partial charge in [-0.1, -0.05) is 115 Å². The van der Waals surface area contributed by atoms with E-state index in [1.165, 1.54) is 0 Å². The minimum atomic E-state index is 0.618. The molecule has 6 aromatic carbocycles. The largest absolute Gasteiger partial charge is 0.309 e. The molecule has 0 unspecified atom stereocenters. The summed E-state index contributed by atoms with van der Waals surface area (Å²) in [7, 11) is 0. The van der Waals surface area contributed by atoms with E-state index in [1.807, 2.05) is 91.0 Å². The molecule has 5 nitrogen and oxygen atoms in total. The molecule has 0 radical (unpaired) electrons. The summed E-state index contributed by atoms with van der Waals surface area (Å²) in [5.74, 6) is 1.89. The van der Waals surface area contributed by atoms with Crippen molar-refractivity contribution in [3.8, 4) is 57.0 Å². The van der Waals surface area contributed by atoms with Crippen molar-refractivity contribution in [2.75, 3.05) is 0 Å². The number of hydrogen-bond donors (Lipinski definition) is 0. The van der Waals surface area contributed by atoms with Gasteiger partial charge in [-0.25, -0.2) is 15.0 Å². The normalized spacial score (nSPS) is 11.1. The number of nitriles is 1. The standard InChI is InChI=1S/C40H25N5/c41-26-27-21-22-35-34-19-7-8-20-36(34)45(37(35)23-27)33-18-10-16-31(25-33)30-15-9-17-32(24-30)40-43-38(28-11-3-1-4-12-28)42-39(44-40)29-13-5-2-6-14-29/h1-25H. The molecule has 0 saturated heterocycles. The molecule has 8 aromatic rings. The van der Waals surface area contributed by atoms with Crippen molar-refractivity contribution in [2.45, 2.75) is 0 Å². The van der Waals surface area contributed by atoms with Crippen molar-refractivity contribution in [3.63, 3.8) is 0 Å². The van der Waals surface area contributed by atoms with Crippen LogP contribution in [0.3, 0.4) is 0 Å². The molecule has 45 heavy (non-hydrogen) atoms. The maximum atomic E-state index is 9.64. The predicted molar refractivity (Wildman–Crippen MR) is 181 cm³/mol. The van der Waals surface area contributed by atoms with Crippen LogP contribution in [-0.4, -0.2) is 19.5 Å². The fourth-order valence-corrected chi connectivity index (χ4v) is 5.92. The number of benzene rings is 6. The smallest absolute Gasteiger partial charge is 0.164 e. The molecule has 2 aromatic heterocycles. The molecule has 0 N–H and O–H groups in total. The summed E-state index contributed by atoms with van der Waals surface area (Å²) in [4.78, 5) is 14.7. The van der Waals surface area contributed by atoms with Gasteiger partial charge in [0, 0.05) is 33.2 Å². The Balaban J connectivity index is 1.26. The predicted octanol–water partition coefficient (Wildman–Crippen LogP) is 9.51. The molecule has 0 bridgehead atoms. The molecular weight excluding hydrogens is 550 g/mol. The molecule has 0 aliphatic carbocycles. The Hall–Kier alpha value is -6.38. The lowest BCUT2D eigenvalue weighted by Gasteiger charge is -2.12. The van der Waals surface area contributed by atoms with Gasteiger partial charge in [-0.05, 0) is 47.5 Å². The summed E-state index contributed by atoms with van der Waals surface area (Å²) in [6.45, 7) is 0. The van der Waals surface area contributed by atoms with Crippen molar-refractivity contribution in [1.29, 1.82) is 5.26 Å². The number of para-hydroxylation sites is 1. The molecule has 0 aliphatic rings. The number of aromatic nitrogens is 4. The summed E-state index contributed by atoms with van der Waals surface area (Å²) in [5.41, 5.74) is 8.67. The topological polar surface area (TPSA) is 67.4 Å². The summed E-state index contributed by atoms with van der Waals surface area (Å²) < 4.78 is 2.24. The number of nitrogens with zero attached hydrogens (tertiary/aromatic N) is 5. The van der Waals surface area contributed by atoms with Gasteiger partial charge in [0.05, 0.1) is 22.7 Å².